The Balaban J connectivity index is 2.46. The highest BCUT2D eigenvalue weighted by Gasteiger charge is 1.97. The molecule has 0 bridgehead atoms. The minimum atomic E-state index is 0.0233. The van der Waals surface area contributed by atoms with Crippen LogP contribution in [0.3, 0.4) is 0 Å². The highest BCUT2D eigenvalue weighted by atomic mass is 16.1. The zero-order valence-electron chi connectivity index (χ0n) is 8.79. The van der Waals surface area contributed by atoms with E-state index in [1.807, 2.05) is 12.1 Å². The molecule has 3 heteroatoms. The van der Waals surface area contributed by atoms with Gasteiger partial charge in [-0.25, -0.2) is 0 Å². The molecule has 0 atom stereocenters. The van der Waals surface area contributed by atoms with Gasteiger partial charge in [0.1, 0.15) is 0 Å². The van der Waals surface area contributed by atoms with Crippen molar-refractivity contribution in [3.8, 4) is 11.8 Å². The average Bonchev–Trinajstić information content (AvgIpc) is 2.30. The van der Waals surface area contributed by atoms with Crippen LogP contribution >= 0.6 is 0 Å². The van der Waals surface area contributed by atoms with Crippen LogP contribution in [0.25, 0.3) is 10.9 Å². The molecule has 1 heterocycles. The van der Waals surface area contributed by atoms with Gasteiger partial charge < -0.3 is 10.7 Å². The molecule has 0 amide bonds. The maximum atomic E-state index is 11.5. The van der Waals surface area contributed by atoms with Crippen LogP contribution in [0.2, 0.25) is 0 Å². The van der Waals surface area contributed by atoms with Gasteiger partial charge in [-0.05, 0) is 18.2 Å². The van der Waals surface area contributed by atoms with Gasteiger partial charge in [0, 0.05) is 36.2 Å². The van der Waals surface area contributed by atoms with Gasteiger partial charge in [0.05, 0.1) is 5.52 Å². The first-order valence-electron chi connectivity index (χ1n) is 5.11. The second-order valence-corrected chi connectivity index (χ2v) is 3.44. The molecule has 0 aliphatic carbocycles. The molecule has 2 rings (SSSR count). The van der Waals surface area contributed by atoms with Crippen molar-refractivity contribution in [3.63, 3.8) is 0 Å². The minimum Gasteiger partial charge on any atom is -0.361 e. The lowest BCUT2D eigenvalue weighted by molar-refractivity contribution is 1.03. The number of aromatic amines is 1. The number of aromatic nitrogens is 1. The Kier molecular flexibility index (Phi) is 3.04. The summed E-state index contributed by atoms with van der Waals surface area (Å²) in [5.74, 6) is 5.97. The maximum absolute atomic E-state index is 11.5. The summed E-state index contributed by atoms with van der Waals surface area (Å²) in [5, 5.41) is 0.687. The molecular weight excluding hydrogens is 200 g/mol. The quantitative estimate of drug-likeness (QED) is 0.698. The number of nitrogens with one attached hydrogen (secondary N) is 1. The van der Waals surface area contributed by atoms with E-state index in [-0.39, 0.29) is 5.43 Å². The van der Waals surface area contributed by atoms with Gasteiger partial charge in [0.15, 0.2) is 5.43 Å². The topological polar surface area (TPSA) is 58.9 Å². The molecule has 0 aliphatic rings. The third-order valence-corrected chi connectivity index (χ3v) is 2.26. The van der Waals surface area contributed by atoms with E-state index in [2.05, 4.69) is 16.8 Å². The fourth-order valence-corrected chi connectivity index (χ4v) is 1.49. The van der Waals surface area contributed by atoms with Crippen LogP contribution in [0.5, 0.6) is 0 Å². The zero-order valence-corrected chi connectivity index (χ0v) is 8.79. The van der Waals surface area contributed by atoms with Crippen LogP contribution in [0.4, 0.5) is 0 Å². The van der Waals surface area contributed by atoms with Gasteiger partial charge in [-0.1, -0.05) is 11.8 Å². The highest BCUT2D eigenvalue weighted by Crippen LogP contribution is 2.08. The Labute approximate surface area is 93.3 Å². The molecule has 0 unspecified atom stereocenters. The summed E-state index contributed by atoms with van der Waals surface area (Å²) in [6.45, 7) is 0.567. The number of benzene rings is 1. The molecule has 3 nitrogen and oxygen atoms in total. The van der Waals surface area contributed by atoms with E-state index in [1.54, 1.807) is 12.3 Å². The molecule has 0 saturated heterocycles. The summed E-state index contributed by atoms with van der Waals surface area (Å²) >= 11 is 0. The number of rotatable bonds is 1. The molecule has 16 heavy (non-hydrogen) atoms. The predicted octanol–water partition coefficient (Wildman–Crippen LogP) is 1.23. The lowest BCUT2D eigenvalue weighted by Gasteiger charge is -1.97. The van der Waals surface area contributed by atoms with Crippen molar-refractivity contribution in [3.05, 3.63) is 46.2 Å². The first kappa shape index (κ1) is 10.5. The molecule has 0 radical (unpaired) electrons. The van der Waals surface area contributed by atoms with E-state index in [1.165, 1.54) is 6.07 Å². The average molecular weight is 212 g/mol. The van der Waals surface area contributed by atoms with Crippen molar-refractivity contribution in [2.75, 3.05) is 6.54 Å². The lowest BCUT2D eigenvalue weighted by Crippen LogP contribution is -1.99. The molecular formula is C13H12N2O. The maximum Gasteiger partial charge on any atom is 0.189 e. The van der Waals surface area contributed by atoms with Gasteiger partial charge in [-0.2, -0.15) is 0 Å². The molecule has 0 spiro atoms. The summed E-state index contributed by atoms with van der Waals surface area (Å²) in [4.78, 5) is 14.5. The highest BCUT2D eigenvalue weighted by molar-refractivity contribution is 5.79. The van der Waals surface area contributed by atoms with Crippen LogP contribution in [-0.2, 0) is 0 Å². The summed E-state index contributed by atoms with van der Waals surface area (Å²) in [6.07, 6.45) is 2.32. The number of pyridine rings is 1. The van der Waals surface area contributed by atoms with E-state index in [4.69, 9.17) is 5.73 Å². The van der Waals surface area contributed by atoms with Crippen molar-refractivity contribution in [2.24, 2.45) is 5.73 Å². The van der Waals surface area contributed by atoms with E-state index in [0.717, 1.165) is 11.1 Å². The molecule has 3 N–H and O–H groups in total. The van der Waals surface area contributed by atoms with Crippen molar-refractivity contribution in [2.45, 2.75) is 6.42 Å². The molecule has 80 valence electrons. The summed E-state index contributed by atoms with van der Waals surface area (Å²) in [6, 6.07) is 7.03. The number of nitrogens with two attached hydrogens (primary N) is 1. The van der Waals surface area contributed by atoms with Gasteiger partial charge in [0.2, 0.25) is 0 Å². The molecule has 1 aromatic carbocycles. The lowest BCUT2D eigenvalue weighted by atomic mass is 10.1. The number of H-pyrrole nitrogens is 1. The zero-order chi connectivity index (χ0) is 11.4. The van der Waals surface area contributed by atoms with E-state index in [0.29, 0.717) is 18.4 Å². The second kappa shape index (κ2) is 4.65. The monoisotopic (exact) mass is 212 g/mol. The molecule has 1 aromatic heterocycles. The Hall–Kier alpha value is -2.05. The number of hydrogen-bond acceptors (Lipinski definition) is 2. The third kappa shape index (κ3) is 2.13. The van der Waals surface area contributed by atoms with E-state index >= 15 is 0 Å². The standard InChI is InChI=1S/C13H12N2O/c14-7-2-1-3-10-4-5-11-12(9-10)15-8-6-13(11)16/h4-6,8-9H,2,7,14H2,(H,15,16). The Morgan fingerprint density at radius 3 is 3.00 bits per heavy atom. The molecule has 0 saturated carbocycles. The molecule has 0 fully saturated rings. The Morgan fingerprint density at radius 1 is 1.31 bits per heavy atom. The predicted molar refractivity (Wildman–Crippen MR) is 65.1 cm³/mol. The van der Waals surface area contributed by atoms with Crippen molar-refractivity contribution in [1.29, 1.82) is 0 Å². The smallest absolute Gasteiger partial charge is 0.189 e. The normalized spacial score (nSPS) is 9.81. The van der Waals surface area contributed by atoms with Crippen molar-refractivity contribution < 1.29 is 0 Å². The Bertz CT molecular complexity index is 617. The fourth-order valence-electron chi connectivity index (χ4n) is 1.49. The van der Waals surface area contributed by atoms with Crippen LogP contribution < -0.4 is 11.2 Å². The number of fused-ring (bicyclic) bond motifs is 1. The van der Waals surface area contributed by atoms with Gasteiger partial charge in [-0.3, -0.25) is 4.79 Å². The van der Waals surface area contributed by atoms with Crippen molar-refractivity contribution in [1.82, 2.24) is 4.98 Å². The fraction of sp³-hybridized carbons (Fsp3) is 0.154. The summed E-state index contributed by atoms with van der Waals surface area (Å²) in [7, 11) is 0. The van der Waals surface area contributed by atoms with Crippen LogP contribution in [0, 0.1) is 11.8 Å². The van der Waals surface area contributed by atoms with Crippen LogP contribution in [0.15, 0.2) is 35.3 Å². The van der Waals surface area contributed by atoms with Crippen molar-refractivity contribution >= 4 is 10.9 Å². The van der Waals surface area contributed by atoms with Gasteiger partial charge in [0.25, 0.3) is 0 Å². The minimum absolute atomic E-state index is 0.0233. The van der Waals surface area contributed by atoms with Gasteiger partial charge >= 0.3 is 0 Å². The van der Waals surface area contributed by atoms with Crippen LogP contribution in [0.1, 0.15) is 12.0 Å². The molecule has 0 aliphatic heterocycles. The van der Waals surface area contributed by atoms with E-state index in [9.17, 15) is 4.79 Å². The third-order valence-electron chi connectivity index (χ3n) is 2.26. The van der Waals surface area contributed by atoms with Crippen LogP contribution in [-0.4, -0.2) is 11.5 Å². The second-order valence-electron chi connectivity index (χ2n) is 3.44. The van der Waals surface area contributed by atoms with Gasteiger partial charge in [-0.15, -0.1) is 0 Å². The molecule has 2 aromatic rings. The first-order chi connectivity index (χ1) is 7.81. The largest absolute Gasteiger partial charge is 0.361 e. The van der Waals surface area contributed by atoms with E-state index < -0.39 is 0 Å². The summed E-state index contributed by atoms with van der Waals surface area (Å²) < 4.78 is 0. The number of hydrogen-bond donors (Lipinski definition) is 2. The summed E-state index contributed by atoms with van der Waals surface area (Å²) in [5.41, 5.74) is 7.08. The SMILES string of the molecule is NCCC#Cc1ccc2c(=O)cc[nH]c2c1. The Morgan fingerprint density at radius 2 is 2.19 bits per heavy atom. The first-order valence-corrected chi connectivity index (χ1v) is 5.11.